The van der Waals surface area contributed by atoms with Crippen LogP contribution in [0.4, 0.5) is 17.1 Å². The van der Waals surface area contributed by atoms with E-state index in [0.717, 1.165) is 17.1 Å². The van der Waals surface area contributed by atoms with Crippen LogP contribution in [0.3, 0.4) is 0 Å². The van der Waals surface area contributed by atoms with Gasteiger partial charge >= 0.3 is 0 Å². The maximum Gasteiger partial charge on any atom is 0.249 e. The van der Waals surface area contributed by atoms with Gasteiger partial charge in [0.05, 0.1) is 11.4 Å². The molecule has 3 aromatic rings. The highest BCUT2D eigenvalue weighted by Crippen LogP contribution is 2.30. The molecule has 0 aliphatic rings. The van der Waals surface area contributed by atoms with Crippen LogP contribution in [-0.4, -0.2) is 27.7 Å². The third-order valence-electron chi connectivity index (χ3n) is 3.88. The zero-order chi connectivity index (χ0) is 16.9. The second-order valence-corrected chi connectivity index (χ2v) is 5.45. The highest BCUT2D eigenvalue weighted by molar-refractivity contribution is 5.97. The largest absolute Gasteiger partial charge is 0.343 e. The third-order valence-corrected chi connectivity index (χ3v) is 3.88. The van der Waals surface area contributed by atoms with Gasteiger partial charge in [-0.15, -0.1) is 0 Å². The van der Waals surface area contributed by atoms with Gasteiger partial charge in [-0.1, -0.05) is 30.3 Å². The predicted octanol–water partition coefficient (Wildman–Crippen LogP) is 3.25. The fraction of sp³-hybridized carbons (Fsp3) is 0.167. The lowest BCUT2D eigenvalue weighted by Gasteiger charge is -2.23. The lowest BCUT2D eigenvalue weighted by Crippen LogP contribution is -2.25. The van der Waals surface area contributed by atoms with E-state index in [0.29, 0.717) is 0 Å². The summed E-state index contributed by atoms with van der Waals surface area (Å²) in [4.78, 5) is 18.4. The average molecular weight is 321 g/mol. The predicted molar refractivity (Wildman–Crippen MR) is 94.3 cm³/mol. The van der Waals surface area contributed by atoms with Crippen LogP contribution in [0, 0.1) is 0 Å². The molecule has 1 N–H and O–H groups in total. The monoisotopic (exact) mass is 321 g/mol. The van der Waals surface area contributed by atoms with Crippen molar-refractivity contribution in [2.75, 3.05) is 17.3 Å². The van der Waals surface area contributed by atoms with E-state index >= 15 is 0 Å². The molecule has 1 aromatic heterocycles. The number of nitrogens with zero attached hydrogens (tertiary/aromatic N) is 4. The molecule has 1 amide bonds. The van der Waals surface area contributed by atoms with Gasteiger partial charge in [-0.25, -0.2) is 9.67 Å². The van der Waals surface area contributed by atoms with Crippen molar-refractivity contribution in [2.24, 2.45) is 0 Å². The first-order valence-electron chi connectivity index (χ1n) is 7.69. The molecule has 6 heteroatoms. The maximum atomic E-state index is 12.5. The van der Waals surface area contributed by atoms with E-state index in [4.69, 9.17) is 0 Å². The Bertz CT molecular complexity index is 801. The molecule has 24 heavy (non-hydrogen) atoms. The normalized spacial score (nSPS) is 11.8. The first-order chi connectivity index (χ1) is 11.7. The Labute approximate surface area is 140 Å². The van der Waals surface area contributed by atoms with Crippen molar-refractivity contribution in [3.8, 4) is 0 Å². The SMILES string of the molecule is C[C@@H](C(=O)Nc1ccccc1N(C)c1ccccc1)n1cncn1. The van der Waals surface area contributed by atoms with Gasteiger partial charge in [0.1, 0.15) is 18.7 Å². The number of amides is 1. The number of nitrogens with one attached hydrogen (secondary N) is 1. The van der Waals surface area contributed by atoms with Crippen LogP contribution >= 0.6 is 0 Å². The molecule has 0 spiro atoms. The molecule has 3 rings (SSSR count). The molecule has 0 unspecified atom stereocenters. The zero-order valence-corrected chi connectivity index (χ0v) is 13.6. The molecule has 0 radical (unpaired) electrons. The molecule has 6 nitrogen and oxygen atoms in total. The highest BCUT2D eigenvalue weighted by atomic mass is 16.2. The molecule has 1 atom stereocenters. The number of hydrogen-bond donors (Lipinski definition) is 1. The van der Waals surface area contributed by atoms with Crippen molar-refractivity contribution in [2.45, 2.75) is 13.0 Å². The summed E-state index contributed by atoms with van der Waals surface area (Å²) >= 11 is 0. The standard InChI is InChI=1S/C18H19N5O/c1-14(23-13-19-12-20-23)18(24)21-16-10-6-7-11-17(16)22(2)15-8-4-3-5-9-15/h3-14H,1-2H3,(H,21,24)/t14-/m0/s1. The Balaban J connectivity index is 1.83. The lowest BCUT2D eigenvalue weighted by molar-refractivity contribution is -0.119. The minimum atomic E-state index is -0.442. The van der Waals surface area contributed by atoms with Gasteiger partial charge in [0.25, 0.3) is 0 Å². The summed E-state index contributed by atoms with van der Waals surface area (Å²) in [6, 6.07) is 17.3. The van der Waals surface area contributed by atoms with E-state index < -0.39 is 6.04 Å². The topological polar surface area (TPSA) is 63.1 Å². The summed E-state index contributed by atoms with van der Waals surface area (Å²) in [7, 11) is 1.97. The van der Waals surface area contributed by atoms with E-state index in [9.17, 15) is 4.79 Å². The van der Waals surface area contributed by atoms with E-state index in [1.807, 2.05) is 66.5 Å². The quantitative estimate of drug-likeness (QED) is 0.783. The fourth-order valence-electron chi connectivity index (χ4n) is 2.44. The number of anilines is 3. The zero-order valence-electron chi connectivity index (χ0n) is 13.6. The molecule has 0 bridgehead atoms. The van der Waals surface area contributed by atoms with Crippen molar-refractivity contribution < 1.29 is 4.79 Å². The van der Waals surface area contributed by atoms with Crippen molar-refractivity contribution >= 4 is 23.0 Å². The Morgan fingerprint density at radius 1 is 1.12 bits per heavy atom. The molecule has 122 valence electrons. The summed E-state index contributed by atoms with van der Waals surface area (Å²) in [5, 5.41) is 7.00. The van der Waals surface area contributed by atoms with Gasteiger partial charge in [0.15, 0.2) is 0 Å². The van der Waals surface area contributed by atoms with E-state index in [2.05, 4.69) is 15.4 Å². The van der Waals surface area contributed by atoms with Crippen molar-refractivity contribution in [3.05, 3.63) is 67.3 Å². The van der Waals surface area contributed by atoms with Crippen molar-refractivity contribution in [1.82, 2.24) is 14.8 Å². The fourth-order valence-corrected chi connectivity index (χ4v) is 2.44. The molecule has 0 aliphatic carbocycles. The van der Waals surface area contributed by atoms with E-state index in [1.54, 1.807) is 6.92 Å². The van der Waals surface area contributed by atoms with Crippen molar-refractivity contribution in [1.29, 1.82) is 0 Å². The summed E-state index contributed by atoms with van der Waals surface area (Å²) in [5.74, 6) is -0.144. The Hall–Kier alpha value is -3.15. The second-order valence-electron chi connectivity index (χ2n) is 5.45. The van der Waals surface area contributed by atoms with Crippen molar-refractivity contribution in [3.63, 3.8) is 0 Å². The molecule has 0 saturated carbocycles. The number of benzene rings is 2. The first-order valence-corrected chi connectivity index (χ1v) is 7.69. The number of carbonyl (C=O) groups is 1. The smallest absolute Gasteiger partial charge is 0.249 e. The number of aromatic nitrogens is 3. The van der Waals surface area contributed by atoms with Crippen LogP contribution in [0.1, 0.15) is 13.0 Å². The summed E-state index contributed by atoms with van der Waals surface area (Å²) in [6.45, 7) is 1.79. The second kappa shape index (κ2) is 6.95. The number of rotatable bonds is 5. The van der Waals surface area contributed by atoms with Gasteiger partial charge in [-0.3, -0.25) is 4.79 Å². The van der Waals surface area contributed by atoms with Gasteiger partial charge < -0.3 is 10.2 Å². The van der Waals surface area contributed by atoms with Crippen LogP contribution in [0.25, 0.3) is 0 Å². The number of carbonyl (C=O) groups excluding carboxylic acids is 1. The molecule has 2 aromatic carbocycles. The van der Waals surface area contributed by atoms with Crippen LogP contribution in [0.2, 0.25) is 0 Å². The highest BCUT2D eigenvalue weighted by Gasteiger charge is 2.18. The molecule has 1 heterocycles. The van der Waals surface area contributed by atoms with E-state index in [-0.39, 0.29) is 5.91 Å². The average Bonchev–Trinajstić information content (AvgIpc) is 3.16. The van der Waals surface area contributed by atoms with Gasteiger partial charge in [0, 0.05) is 12.7 Å². The van der Waals surface area contributed by atoms with Gasteiger partial charge in [-0.2, -0.15) is 5.10 Å². The van der Waals surface area contributed by atoms with Crippen LogP contribution < -0.4 is 10.2 Å². The summed E-state index contributed by atoms with van der Waals surface area (Å²) < 4.78 is 1.53. The van der Waals surface area contributed by atoms with Gasteiger partial charge in [0.2, 0.25) is 5.91 Å². The number of para-hydroxylation sites is 3. The van der Waals surface area contributed by atoms with Crippen LogP contribution in [-0.2, 0) is 4.79 Å². The molecular weight excluding hydrogens is 302 g/mol. The maximum absolute atomic E-state index is 12.5. The minimum absolute atomic E-state index is 0.144. The summed E-state index contributed by atoms with van der Waals surface area (Å²) in [6.07, 6.45) is 2.95. The Kier molecular flexibility index (Phi) is 4.56. The lowest BCUT2D eigenvalue weighted by atomic mass is 10.2. The summed E-state index contributed by atoms with van der Waals surface area (Å²) in [5.41, 5.74) is 2.71. The minimum Gasteiger partial charge on any atom is -0.343 e. The molecule has 0 fully saturated rings. The third kappa shape index (κ3) is 3.27. The van der Waals surface area contributed by atoms with E-state index in [1.165, 1.54) is 17.3 Å². The molecular formula is C18H19N5O. The Morgan fingerprint density at radius 3 is 2.54 bits per heavy atom. The van der Waals surface area contributed by atoms with Gasteiger partial charge in [-0.05, 0) is 31.2 Å². The molecule has 0 saturated heterocycles. The molecule has 0 aliphatic heterocycles. The van der Waals surface area contributed by atoms with Crippen LogP contribution in [0.15, 0.2) is 67.3 Å². The Morgan fingerprint density at radius 2 is 1.83 bits per heavy atom. The van der Waals surface area contributed by atoms with Crippen LogP contribution in [0.5, 0.6) is 0 Å². The number of hydrogen-bond acceptors (Lipinski definition) is 4. The first kappa shape index (κ1) is 15.7.